The first-order chi connectivity index (χ1) is 8.18. The van der Waals surface area contributed by atoms with Crippen LogP contribution in [0.3, 0.4) is 0 Å². The van der Waals surface area contributed by atoms with E-state index in [9.17, 15) is 9.59 Å². The minimum atomic E-state index is -0.656. The number of ether oxygens (including phenoxy) is 1. The number of nitrogens with zero attached hydrogens (tertiary/aromatic N) is 1. The first-order valence-corrected chi connectivity index (χ1v) is 6.11. The molecule has 2 rings (SSSR count). The van der Waals surface area contributed by atoms with Crippen LogP contribution in [0.15, 0.2) is 0 Å². The van der Waals surface area contributed by atoms with Gasteiger partial charge < -0.3 is 20.7 Å². The van der Waals surface area contributed by atoms with Crippen molar-refractivity contribution < 1.29 is 14.3 Å². The van der Waals surface area contributed by atoms with E-state index >= 15 is 0 Å². The van der Waals surface area contributed by atoms with Crippen molar-refractivity contribution in [1.29, 1.82) is 0 Å². The monoisotopic (exact) mass is 241 g/mol. The highest BCUT2D eigenvalue weighted by atomic mass is 16.5. The van der Waals surface area contributed by atoms with E-state index in [1.807, 2.05) is 0 Å². The molecule has 2 aliphatic heterocycles. The van der Waals surface area contributed by atoms with Crippen LogP contribution in [0.5, 0.6) is 0 Å². The van der Waals surface area contributed by atoms with Crippen LogP contribution in [-0.4, -0.2) is 55.1 Å². The van der Waals surface area contributed by atoms with Gasteiger partial charge in [0.25, 0.3) is 0 Å². The molecule has 0 saturated carbocycles. The highest BCUT2D eigenvalue weighted by Gasteiger charge is 2.31. The van der Waals surface area contributed by atoms with Gasteiger partial charge >= 0.3 is 0 Å². The highest BCUT2D eigenvalue weighted by Crippen LogP contribution is 2.12. The standard InChI is InChI=1S/C11H19N3O3/c12-10(15)9-7-14(5-6-17-9)11(16)8-3-1-2-4-13-8/h8-9,13H,1-7H2,(H2,12,15)/t8-,9?/m0/s1. The first-order valence-electron chi connectivity index (χ1n) is 6.11. The lowest BCUT2D eigenvalue weighted by Crippen LogP contribution is -2.55. The molecular formula is C11H19N3O3. The predicted molar refractivity (Wildman–Crippen MR) is 61.2 cm³/mol. The van der Waals surface area contributed by atoms with E-state index in [0.29, 0.717) is 13.2 Å². The molecule has 6 heteroatoms. The highest BCUT2D eigenvalue weighted by molar-refractivity contribution is 5.84. The average Bonchev–Trinajstić information content (AvgIpc) is 2.39. The Morgan fingerprint density at radius 1 is 1.35 bits per heavy atom. The summed E-state index contributed by atoms with van der Waals surface area (Å²) in [5.74, 6) is -0.432. The number of piperidine rings is 1. The summed E-state index contributed by atoms with van der Waals surface area (Å²) in [6, 6.07) is -0.102. The third-order valence-electron chi connectivity index (χ3n) is 3.30. The molecule has 0 bridgehead atoms. The van der Waals surface area contributed by atoms with Crippen molar-refractivity contribution in [2.75, 3.05) is 26.2 Å². The lowest BCUT2D eigenvalue weighted by atomic mass is 10.0. The number of nitrogens with one attached hydrogen (secondary N) is 1. The van der Waals surface area contributed by atoms with Crippen molar-refractivity contribution >= 4 is 11.8 Å². The molecule has 1 unspecified atom stereocenters. The van der Waals surface area contributed by atoms with Crippen molar-refractivity contribution in [2.24, 2.45) is 5.73 Å². The second-order valence-corrected chi connectivity index (χ2v) is 4.55. The fraction of sp³-hybridized carbons (Fsp3) is 0.818. The van der Waals surface area contributed by atoms with Crippen molar-refractivity contribution in [2.45, 2.75) is 31.4 Å². The van der Waals surface area contributed by atoms with E-state index in [2.05, 4.69) is 5.32 Å². The van der Waals surface area contributed by atoms with Crippen molar-refractivity contribution in [3.63, 3.8) is 0 Å². The number of nitrogens with two attached hydrogens (primary N) is 1. The van der Waals surface area contributed by atoms with Crippen LogP contribution in [0.4, 0.5) is 0 Å². The van der Waals surface area contributed by atoms with Crippen molar-refractivity contribution in [1.82, 2.24) is 10.2 Å². The van der Waals surface area contributed by atoms with Crippen molar-refractivity contribution in [3.8, 4) is 0 Å². The predicted octanol–water partition coefficient (Wildman–Crippen LogP) is -1.16. The molecule has 0 radical (unpaired) electrons. The fourth-order valence-corrected chi connectivity index (χ4v) is 2.30. The number of hydrogen-bond donors (Lipinski definition) is 2. The third-order valence-corrected chi connectivity index (χ3v) is 3.30. The molecule has 2 saturated heterocycles. The largest absolute Gasteiger partial charge is 0.367 e. The Balaban J connectivity index is 1.91. The minimum Gasteiger partial charge on any atom is -0.367 e. The molecular weight excluding hydrogens is 222 g/mol. The van der Waals surface area contributed by atoms with Gasteiger partial charge in [-0.2, -0.15) is 0 Å². The van der Waals surface area contributed by atoms with E-state index in [0.717, 1.165) is 25.8 Å². The summed E-state index contributed by atoms with van der Waals surface area (Å²) in [5.41, 5.74) is 5.19. The van der Waals surface area contributed by atoms with Crippen molar-refractivity contribution in [3.05, 3.63) is 0 Å². The molecule has 0 aromatic carbocycles. The van der Waals surface area contributed by atoms with Crippen LogP contribution in [0.25, 0.3) is 0 Å². The number of primary amides is 1. The molecule has 2 heterocycles. The first kappa shape index (κ1) is 12.3. The fourth-order valence-electron chi connectivity index (χ4n) is 2.30. The van der Waals surface area contributed by atoms with Crippen LogP contribution in [0.2, 0.25) is 0 Å². The molecule has 96 valence electrons. The minimum absolute atomic E-state index is 0.0688. The molecule has 0 spiro atoms. The normalized spacial score (nSPS) is 30.0. The van der Waals surface area contributed by atoms with Gasteiger partial charge in [0.05, 0.1) is 19.2 Å². The average molecular weight is 241 g/mol. The summed E-state index contributed by atoms with van der Waals surface area (Å²) < 4.78 is 5.22. The summed E-state index contributed by atoms with van der Waals surface area (Å²) >= 11 is 0. The summed E-state index contributed by atoms with van der Waals surface area (Å²) in [6.45, 7) is 2.10. The maximum atomic E-state index is 12.2. The molecule has 3 N–H and O–H groups in total. The van der Waals surface area contributed by atoms with Crippen LogP contribution in [-0.2, 0) is 14.3 Å². The lowest BCUT2D eigenvalue weighted by molar-refractivity contribution is -0.147. The van der Waals surface area contributed by atoms with E-state index < -0.39 is 12.0 Å². The molecule has 2 aliphatic rings. The Labute approximate surface area is 100 Å². The zero-order valence-electron chi connectivity index (χ0n) is 9.85. The van der Waals surface area contributed by atoms with Gasteiger partial charge in [0.2, 0.25) is 11.8 Å². The maximum Gasteiger partial charge on any atom is 0.248 e. The molecule has 6 nitrogen and oxygen atoms in total. The summed E-state index contributed by atoms with van der Waals surface area (Å²) in [4.78, 5) is 24.9. The SMILES string of the molecule is NC(=O)C1CN(C(=O)[C@@H]2CCCCN2)CCO1. The molecule has 0 aromatic rings. The number of morpholine rings is 1. The second kappa shape index (κ2) is 5.46. The van der Waals surface area contributed by atoms with Crippen LogP contribution >= 0.6 is 0 Å². The van der Waals surface area contributed by atoms with Crippen LogP contribution < -0.4 is 11.1 Å². The van der Waals surface area contributed by atoms with E-state index in [1.54, 1.807) is 4.90 Å². The van der Waals surface area contributed by atoms with Gasteiger partial charge in [-0.15, -0.1) is 0 Å². The van der Waals surface area contributed by atoms with Crippen LogP contribution in [0, 0.1) is 0 Å². The van der Waals surface area contributed by atoms with E-state index in [4.69, 9.17) is 10.5 Å². The quantitative estimate of drug-likeness (QED) is 0.639. The Bertz CT molecular complexity index is 302. The zero-order chi connectivity index (χ0) is 12.3. The van der Waals surface area contributed by atoms with Gasteiger partial charge in [-0.05, 0) is 19.4 Å². The number of carbonyl (C=O) groups is 2. The zero-order valence-corrected chi connectivity index (χ0v) is 9.85. The Hall–Kier alpha value is -1.14. The van der Waals surface area contributed by atoms with Crippen LogP contribution in [0.1, 0.15) is 19.3 Å². The number of hydrogen-bond acceptors (Lipinski definition) is 4. The Morgan fingerprint density at radius 2 is 2.18 bits per heavy atom. The summed E-state index contributed by atoms with van der Waals surface area (Å²) in [6.07, 6.45) is 2.41. The van der Waals surface area contributed by atoms with Gasteiger partial charge in [0.15, 0.2) is 6.10 Å². The molecule has 2 atom stereocenters. The summed E-state index contributed by atoms with van der Waals surface area (Å²) in [7, 11) is 0. The van der Waals surface area contributed by atoms with Gasteiger partial charge in [-0.25, -0.2) is 0 Å². The number of carbonyl (C=O) groups excluding carboxylic acids is 2. The number of rotatable bonds is 2. The van der Waals surface area contributed by atoms with E-state index in [1.165, 1.54) is 0 Å². The lowest BCUT2D eigenvalue weighted by Gasteiger charge is -2.35. The molecule has 0 aromatic heterocycles. The topological polar surface area (TPSA) is 84.7 Å². The van der Waals surface area contributed by atoms with Gasteiger partial charge in [0, 0.05) is 6.54 Å². The van der Waals surface area contributed by atoms with E-state index in [-0.39, 0.29) is 18.5 Å². The Kier molecular flexibility index (Phi) is 3.96. The molecule has 17 heavy (non-hydrogen) atoms. The van der Waals surface area contributed by atoms with Gasteiger partial charge in [-0.1, -0.05) is 6.42 Å². The molecule has 2 fully saturated rings. The molecule has 0 aliphatic carbocycles. The third kappa shape index (κ3) is 2.95. The number of amides is 2. The van der Waals surface area contributed by atoms with Gasteiger partial charge in [0.1, 0.15) is 0 Å². The summed E-state index contributed by atoms with van der Waals surface area (Å²) in [5, 5.41) is 3.21. The Morgan fingerprint density at radius 3 is 2.82 bits per heavy atom. The second-order valence-electron chi connectivity index (χ2n) is 4.55. The smallest absolute Gasteiger partial charge is 0.248 e. The van der Waals surface area contributed by atoms with Gasteiger partial charge in [-0.3, -0.25) is 9.59 Å². The molecule has 2 amide bonds. The maximum absolute atomic E-state index is 12.2.